The molecular formula is C19H15F3N4O5. The molecule has 0 fully saturated rings. The quantitative estimate of drug-likeness (QED) is 0.415. The van der Waals surface area contributed by atoms with Gasteiger partial charge in [0.1, 0.15) is 18.2 Å². The lowest BCUT2D eigenvalue weighted by Crippen LogP contribution is -2.22. The molecule has 2 aromatic carbocycles. The van der Waals surface area contributed by atoms with E-state index < -0.39 is 41.7 Å². The number of halogens is 3. The molecule has 3 aromatic rings. The summed E-state index contributed by atoms with van der Waals surface area (Å²) in [7, 11) is 0. The van der Waals surface area contributed by atoms with Gasteiger partial charge in [0.15, 0.2) is 18.1 Å². The summed E-state index contributed by atoms with van der Waals surface area (Å²) in [6.07, 6.45) is -2.27. The monoisotopic (exact) mass is 436 g/mol. The van der Waals surface area contributed by atoms with Gasteiger partial charge in [-0.1, -0.05) is 6.07 Å². The first-order valence-corrected chi connectivity index (χ1v) is 8.62. The maximum absolute atomic E-state index is 13.1. The Kier molecular flexibility index (Phi) is 5.81. The number of esters is 1. The van der Waals surface area contributed by atoms with Crippen LogP contribution < -0.4 is 5.32 Å². The fraction of sp³-hybridized carbons (Fsp3) is 0.158. The molecule has 0 aliphatic heterocycles. The number of phenolic OH excluding ortho intramolecular Hbond substituents is 2. The third kappa shape index (κ3) is 4.74. The molecule has 1 aromatic heterocycles. The molecule has 162 valence electrons. The van der Waals surface area contributed by atoms with Crippen LogP contribution in [0.15, 0.2) is 43.0 Å². The van der Waals surface area contributed by atoms with Crippen molar-refractivity contribution in [2.75, 3.05) is 11.9 Å². The first-order valence-electron chi connectivity index (χ1n) is 8.62. The van der Waals surface area contributed by atoms with Gasteiger partial charge in [-0.2, -0.15) is 18.3 Å². The van der Waals surface area contributed by atoms with Gasteiger partial charge < -0.3 is 20.3 Å². The van der Waals surface area contributed by atoms with Crippen LogP contribution in [-0.2, 0) is 15.7 Å². The normalized spacial score (nSPS) is 11.2. The predicted molar refractivity (Wildman–Crippen MR) is 99.8 cm³/mol. The smallest absolute Gasteiger partial charge is 0.416 e. The Morgan fingerprint density at radius 2 is 1.90 bits per heavy atom. The van der Waals surface area contributed by atoms with Crippen LogP contribution in [0.1, 0.15) is 21.5 Å². The molecule has 31 heavy (non-hydrogen) atoms. The van der Waals surface area contributed by atoms with Crippen molar-refractivity contribution in [2.24, 2.45) is 0 Å². The summed E-state index contributed by atoms with van der Waals surface area (Å²) in [5.41, 5.74) is -1.21. The van der Waals surface area contributed by atoms with E-state index in [2.05, 4.69) is 15.4 Å². The number of aromatic hydroxyl groups is 2. The van der Waals surface area contributed by atoms with Gasteiger partial charge in [-0.05, 0) is 36.8 Å². The van der Waals surface area contributed by atoms with Gasteiger partial charge in [-0.25, -0.2) is 14.5 Å². The molecule has 0 saturated carbocycles. The van der Waals surface area contributed by atoms with E-state index in [1.54, 1.807) is 0 Å². The van der Waals surface area contributed by atoms with Crippen LogP contribution in [0, 0.1) is 6.92 Å². The lowest BCUT2D eigenvalue weighted by molar-refractivity contribution is -0.137. The molecule has 0 bridgehead atoms. The Morgan fingerprint density at radius 3 is 2.55 bits per heavy atom. The van der Waals surface area contributed by atoms with E-state index in [-0.39, 0.29) is 16.9 Å². The molecule has 0 saturated heterocycles. The van der Waals surface area contributed by atoms with Gasteiger partial charge in [0.05, 0.1) is 16.9 Å². The molecule has 9 nitrogen and oxygen atoms in total. The van der Waals surface area contributed by atoms with Crippen molar-refractivity contribution >= 4 is 17.6 Å². The second-order valence-electron chi connectivity index (χ2n) is 6.32. The number of ether oxygens (including phenoxy) is 1. The Hall–Kier alpha value is -4.09. The van der Waals surface area contributed by atoms with Crippen molar-refractivity contribution in [3.05, 3.63) is 59.7 Å². The number of hydrogen-bond donors (Lipinski definition) is 3. The SMILES string of the molecule is Cc1ccc(C(=O)OCC(=O)Nc2cc(C(F)(F)F)ccc2-n2cncn2)c(O)c1O. The van der Waals surface area contributed by atoms with E-state index in [0.29, 0.717) is 11.6 Å². The number of phenols is 2. The molecule has 3 rings (SSSR count). The number of nitrogens with one attached hydrogen (secondary N) is 1. The van der Waals surface area contributed by atoms with Gasteiger partial charge in [0.2, 0.25) is 0 Å². The lowest BCUT2D eigenvalue weighted by Gasteiger charge is -2.14. The van der Waals surface area contributed by atoms with Crippen molar-refractivity contribution in [3.63, 3.8) is 0 Å². The first-order chi connectivity index (χ1) is 14.6. The summed E-state index contributed by atoms with van der Waals surface area (Å²) in [6.45, 7) is 0.638. The Labute approximate surface area is 172 Å². The minimum absolute atomic E-state index is 0.103. The largest absolute Gasteiger partial charge is 0.504 e. The molecule has 0 spiro atoms. The second kappa shape index (κ2) is 8.34. The van der Waals surface area contributed by atoms with E-state index >= 15 is 0 Å². The summed E-state index contributed by atoms with van der Waals surface area (Å²) in [4.78, 5) is 28.0. The highest BCUT2D eigenvalue weighted by atomic mass is 19.4. The van der Waals surface area contributed by atoms with E-state index in [4.69, 9.17) is 4.74 Å². The number of aromatic nitrogens is 3. The van der Waals surface area contributed by atoms with Crippen molar-refractivity contribution in [1.29, 1.82) is 0 Å². The number of benzene rings is 2. The average molecular weight is 436 g/mol. The average Bonchev–Trinajstić information content (AvgIpc) is 3.24. The zero-order valence-corrected chi connectivity index (χ0v) is 15.8. The highest BCUT2D eigenvalue weighted by Gasteiger charge is 2.31. The third-order valence-corrected chi connectivity index (χ3v) is 4.17. The predicted octanol–water partition coefficient (Wildman–Crippen LogP) is 2.80. The fourth-order valence-electron chi connectivity index (χ4n) is 2.59. The fourth-order valence-corrected chi connectivity index (χ4v) is 2.59. The number of hydrogen-bond acceptors (Lipinski definition) is 7. The summed E-state index contributed by atoms with van der Waals surface area (Å²) >= 11 is 0. The zero-order chi connectivity index (χ0) is 22.8. The van der Waals surface area contributed by atoms with Crippen LogP contribution >= 0.6 is 0 Å². The Bertz CT molecular complexity index is 1130. The third-order valence-electron chi connectivity index (χ3n) is 4.17. The number of nitrogens with zero attached hydrogens (tertiary/aromatic N) is 3. The Morgan fingerprint density at radius 1 is 1.16 bits per heavy atom. The highest BCUT2D eigenvalue weighted by molar-refractivity contribution is 5.98. The molecule has 1 heterocycles. The van der Waals surface area contributed by atoms with E-state index in [0.717, 1.165) is 23.1 Å². The second-order valence-corrected chi connectivity index (χ2v) is 6.32. The Balaban J connectivity index is 1.77. The van der Waals surface area contributed by atoms with Gasteiger partial charge in [0, 0.05) is 0 Å². The standard InChI is InChI=1S/C19H15F3N4O5/c1-10-2-4-12(17(29)16(10)28)18(30)31-7-15(27)25-13-6-11(19(20,21)22)3-5-14(13)26-9-23-8-24-26/h2-6,8-9,28-29H,7H2,1H3,(H,25,27). The highest BCUT2D eigenvalue weighted by Crippen LogP contribution is 2.34. The van der Waals surface area contributed by atoms with Gasteiger partial charge in [-0.15, -0.1) is 0 Å². The topological polar surface area (TPSA) is 127 Å². The first kappa shape index (κ1) is 21.6. The van der Waals surface area contributed by atoms with Crippen LogP contribution in [-0.4, -0.2) is 43.5 Å². The number of rotatable bonds is 5. The molecule has 0 atom stereocenters. The van der Waals surface area contributed by atoms with E-state index in [1.165, 1.54) is 25.4 Å². The lowest BCUT2D eigenvalue weighted by atomic mass is 10.1. The summed E-state index contributed by atoms with van der Waals surface area (Å²) < 4.78 is 45.1. The van der Waals surface area contributed by atoms with Gasteiger partial charge in [0.25, 0.3) is 5.91 Å². The van der Waals surface area contributed by atoms with Crippen LogP contribution in [0.2, 0.25) is 0 Å². The van der Waals surface area contributed by atoms with Crippen LogP contribution in [0.5, 0.6) is 11.5 Å². The minimum Gasteiger partial charge on any atom is -0.504 e. The molecule has 0 aliphatic rings. The van der Waals surface area contributed by atoms with Crippen molar-refractivity contribution < 1.29 is 37.7 Å². The van der Waals surface area contributed by atoms with Crippen LogP contribution in [0.4, 0.5) is 18.9 Å². The number of aryl methyl sites for hydroxylation is 1. The van der Waals surface area contributed by atoms with Crippen molar-refractivity contribution in [1.82, 2.24) is 14.8 Å². The number of amides is 1. The van der Waals surface area contributed by atoms with Crippen molar-refractivity contribution in [3.8, 4) is 17.2 Å². The number of alkyl halides is 3. The molecule has 12 heteroatoms. The molecule has 3 N–H and O–H groups in total. The summed E-state index contributed by atoms with van der Waals surface area (Å²) in [5.74, 6) is -3.27. The van der Waals surface area contributed by atoms with E-state index in [9.17, 15) is 33.0 Å². The molecule has 1 amide bonds. The van der Waals surface area contributed by atoms with Crippen molar-refractivity contribution in [2.45, 2.75) is 13.1 Å². The van der Waals surface area contributed by atoms with E-state index in [1.807, 2.05) is 0 Å². The number of carbonyl (C=O) groups is 2. The maximum atomic E-state index is 13.1. The molecule has 0 unspecified atom stereocenters. The zero-order valence-electron chi connectivity index (χ0n) is 15.8. The summed E-state index contributed by atoms with van der Waals surface area (Å²) in [5, 5.41) is 25.6. The van der Waals surface area contributed by atoms with Crippen LogP contribution in [0.3, 0.4) is 0 Å². The number of carbonyl (C=O) groups excluding carboxylic acids is 2. The van der Waals surface area contributed by atoms with Crippen LogP contribution in [0.25, 0.3) is 5.69 Å². The summed E-state index contributed by atoms with van der Waals surface area (Å²) in [6, 6.07) is 5.19. The molecular weight excluding hydrogens is 421 g/mol. The van der Waals surface area contributed by atoms with Gasteiger partial charge >= 0.3 is 12.1 Å². The van der Waals surface area contributed by atoms with Gasteiger partial charge in [-0.3, -0.25) is 4.79 Å². The molecule has 0 radical (unpaired) electrons. The molecule has 0 aliphatic carbocycles. The maximum Gasteiger partial charge on any atom is 0.416 e. The number of anilines is 1. The minimum atomic E-state index is -4.65.